The highest BCUT2D eigenvalue weighted by molar-refractivity contribution is 6.14. The van der Waals surface area contributed by atoms with Gasteiger partial charge in [0.1, 0.15) is 17.0 Å². The minimum atomic E-state index is -0.449. The second kappa shape index (κ2) is 7.76. The molecule has 2 amide bonds. The molecule has 1 aromatic heterocycles. The van der Waals surface area contributed by atoms with Gasteiger partial charge in [0.15, 0.2) is 0 Å². The number of ether oxygens (including phenoxy) is 1. The van der Waals surface area contributed by atoms with E-state index in [1.54, 1.807) is 37.4 Å². The largest absolute Gasteiger partial charge is 0.497 e. The first-order chi connectivity index (χ1) is 13.3. The maximum Gasteiger partial charge on any atom is 0.293 e. The zero-order valence-corrected chi connectivity index (χ0v) is 16.5. The van der Waals surface area contributed by atoms with Crippen molar-refractivity contribution < 1.29 is 18.7 Å². The number of amides is 2. The first-order valence-corrected chi connectivity index (χ1v) is 9.03. The van der Waals surface area contributed by atoms with E-state index in [1.807, 2.05) is 39.0 Å². The molecule has 0 saturated heterocycles. The topological polar surface area (TPSA) is 80.6 Å². The summed E-state index contributed by atoms with van der Waals surface area (Å²) in [5, 5.41) is 6.33. The van der Waals surface area contributed by atoms with Gasteiger partial charge in [0.2, 0.25) is 11.7 Å². The summed E-state index contributed by atoms with van der Waals surface area (Å²) in [5.74, 6) is 0.0670. The lowest BCUT2D eigenvalue weighted by atomic mass is 9.92. The highest BCUT2D eigenvalue weighted by Crippen LogP contribution is 2.32. The summed E-state index contributed by atoms with van der Waals surface area (Å²) in [4.78, 5) is 25.4. The Morgan fingerprint density at radius 1 is 1.04 bits per heavy atom. The van der Waals surface area contributed by atoms with Crippen LogP contribution in [0, 0.1) is 5.41 Å². The SMILES string of the molecule is COc1cccc(NC(=O)c2oc3ccccc3c2NC(=O)CC(C)(C)C)c1. The number of carbonyl (C=O) groups excluding carboxylic acids is 2. The molecule has 0 radical (unpaired) electrons. The van der Waals surface area contributed by atoms with Crippen molar-refractivity contribution in [1.82, 2.24) is 0 Å². The van der Waals surface area contributed by atoms with Crippen molar-refractivity contribution >= 4 is 34.2 Å². The fourth-order valence-electron chi connectivity index (χ4n) is 2.88. The fraction of sp³-hybridized carbons (Fsp3) is 0.273. The first kappa shape index (κ1) is 19.5. The average Bonchev–Trinajstić information content (AvgIpc) is 2.99. The zero-order chi connectivity index (χ0) is 20.3. The summed E-state index contributed by atoms with van der Waals surface area (Å²) in [7, 11) is 1.56. The molecule has 3 rings (SSSR count). The molecule has 0 saturated carbocycles. The molecule has 146 valence electrons. The predicted octanol–water partition coefficient (Wildman–Crippen LogP) is 5.07. The Morgan fingerprint density at radius 3 is 2.50 bits per heavy atom. The summed E-state index contributed by atoms with van der Waals surface area (Å²) >= 11 is 0. The molecule has 2 aromatic carbocycles. The molecule has 0 bridgehead atoms. The van der Waals surface area contributed by atoms with Gasteiger partial charge in [-0.25, -0.2) is 0 Å². The molecule has 28 heavy (non-hydrogen) atoms. The minimum absolute atomic E-state index is 0.0614. The lowest BCUT2D eigenvalue weighted by Gasteiger charge is -2.17. The van der Waals surface area contributed by atoms with E-state index in [-0.39, 0.29) is 17.1 Å². The fourth-order valence-corrected chi connectivity index (χ4v) is 2.88. The Balaban J connectivity index is 1.93. The molecule has 1 heterocycles. The number of para-hydroxylation sites is 1. The molecule has 0 spiro atoms. The van der Waals surface area contributed by atoms with Crippen LogP contribution >= 0.6 is 0 Å². The Kier molecular flexibility index (Phi) is 5.40. The van der Waals surface area contributed by atoms with Gasteiger partial charge in [0, 0.05) is 23.6 Å². The van der Waals surface area contributed by atoms with Crippen molar-refractivity contribution in [2.24, 2.45) is 5.41 Å². The molecule has 3 aromatic rings. The standard InChI is InChI=1S/C22H24N2O4/c1-22(2,3)13-18(25)24-19-16-10-5-6-11-17(16)28-20(19)21(26)23-14-8-7-9-15(12-14)27-4/h5-12H,13H2,1-4H3,(H,23,26)(H,24,25). The normalized spacial score (nSPS) is 11.3. The van der Waals surface area contributed by atoms with E-state index in [9.17, 15) is 9.59 Å². The number of carbonyl (C=O) groups is 2. The lowest BCUT2D eigenvalue weighted by molar-refractivity contribution is -0.117. The highest BCUT2D eigenvalue weighted by atomic mass is 16.5. The zero-order valence-electron chi connectivity index (χ0n) is 16.5. The van der Waals surface area contributed by atoms with Crippen LogP contribution in [0.4, 0.5) is 11.4 Å². The van der Waals surface area contributed by atoms with Crippen molar-refractivity contribution in [3.05, 3.63) is 54.3 Å². The number of benzene rings is 2. The molecular weight excluding hydrogens is 356 g/mol. The Morgan fingerprint density at radius 2 is 1.79 bits per heavy atom. The van der Waals surface area contributed by atoms with E-state index in [2.05, 4.69) is 10.6 Å². The van der Waals surface area contributed by atoms with E-state index in [1.165, 1.54) is 0 Å². The van der Waals surface area contributed by atoms with E-state index in [0.29, 0.717) is 34.5 Å². The molecule has 0 aliphatic carbocycles. The summed E-state index contributed by atoms with van der Waals surface area (Å²) < 4.78 is 10.9. The van der Waals surface area contributed by atoms with Crippen LogP contribution in [0.1, 0.15) is 37.7 Å². The lowest BCUT2D eigenvalue weighted by Crippen LogP contribution is -2.21. The summed E-state index contributed by atoms with van der Waals surface area (Å²) in [6.07, 6.45) is 0.323. The monoisotopic (exact) mass is 380 g/mol. The van der Waals surface area contributed by atoms with E-state index >= 15 is 0 Å². The number of anilines is 2. The molecule has 0 atom stereocenters. The molecule has 0 unspecified atom stereocenters. The minimum Gasteiger partial charge on any atom is -0.497 e. The van der Waals surface area contributed by atoms with Crippen LogP contribution in [0.5, 0.6) is 5.75 Å². The Bertz CT molecular complexity index is 1010. The van der Waals surface area contributed by atoms with Crippen molar-refractivity contribution in [3.63, 3.8) is 0 Å². The van der Waals surface area contributed by atoms with Crippen LogP contribution in [0.25, 0.3) is 11.0 Å². The van der Waals surface area contributed by atoms with E-state index < -0.39 is 5.91 Å². The average molecular weight is 380 g/mol. The van der Waals surface area contributed by atoms with Crippen molar-refractivity contribution in [1.29, 1.82) is 0 Å². The van der Waals surface area contributed by atoms with Crippen LogP contribution in [0.3, 0.4) is 0 Å². The molecule has 0 aliphatic rings. The molecule has 6 nitrogen and oxygen atoms in total. The van der Waals surface area contributed by atoms with Crippen LogP contribution < -0.4 is 15.4 Å². The van der Waals surface area contributed by atoms with Gasteiger partial charge in [0.25, 0.3) is 5.91 Å². The smallest absolute Gasteiger partial charge is 0.293 e. The number of hydrogen-bond acceptors (Lipinski definition) is 4. The number of nitrogens with one attached hydrogen (secondary N) is 2. The number of methoxy groups -OCH3 is 1. The van der Waals surface area contributed by atoms with E-state index in [4.69, 9.17) is 9.15 Å². The van der Waals surface area contributed by atoms with E-state index in [0.717, 1.165) is 0 Å². The third-order valence-electron chi connectivity index (χ3n) is 4.08. The van der Waals surface area contributed by atoms with Crippen LogP contribution in [-0.2, 0) is 4.79 Å². The summed E-state index contributed by atoms with van der Waals surface area (Å²) in [5.41, 5.74) is 1.30. The van der Waals surface area contributed by atoms with Gasteiger partial charge < -0.3 is 19.8 Å². The van der Waals surface area contributed by atoms with Crippen LogP contribution in [0.15, 0.2) is 52.9 Å². The van der Waals surface area contributed by atoms with Gasteiger partial charge in [-0.3, -0.25) is 9.59 Å². The molecule has 2 N–H and O–H groups in total. The van der Waals surface area contributed by atoms with Gasteiger partial charge in [0.05, 0.1) is 7.11 Å². The van der Waals surface area contributed by atoms with Gasteiger partial charge in [-0.05, 0) is 29.7 Å². The third kappa shape index (κ3) is 4.52. The van der Waals surface area contributed by atoms with Crippen LogP contribution in [0.2, 0.25) is 0 Å². The second-order valence-electron chi connectivity index (χ2n) is 7.77. The first-order valence-electron chi connectivity index (χ1n) is 9.03. The second-order valence-corrected chi connectivity index (χ2v) is 7.77. The molecule has 6 heteroatoms. The van der Waals surface area contributed by atoms with Crippen LogP contribution in [-0.4, -0.2) is 18.9 Å². The van der Waals surface area contributed by atoms with Gasteiger partial charge in [-0.1, -0.05) is 39.0 Å². The van der Waals surface area contributed by atoms with Gasteiger partial charge in [-0.2, -0.15) is 0 Å². The Hall–Kier alpha value is -3.28. The molecular formula is C22H24N2O4. The van der Waals surface area contributed by atoms with Crippen molar-refractivity contribution in [2.75, 3.05) is 17.7 Å². The summed E-state index contributed by atoms with van der Waals surface area (Å²) in [6, 6.07) is 14.2. The maximum atomic E-state index is 12.9. The molecule has 0 aliphatic heterocycles. The number of fused-ring (bicyclic) bond motifs is 1. The van der Waals surface area contributed by atoms with Crippen molar-refractivity contribution in [3.8, 4) is 5.75 Å². The maximum absolute atomic E-state index is 12.9. The highest BCUT2D eigenvalue weighted by Gasteiger charge is 2.24. The number of furan rings is 1. The third-order valence-corrected chi connectivity index (χ3v) is 4.08. The Labute approximate surface area is 163 Å². The van der Waals surface area contributed by atoms with Gasteiger partial charge >= 0.3 is 0 Å². The predicted molar refractivity (Wildman–Crippen MR) is 110 cm³/mol. The number of hydrogen-bond donors (Lipinski definition) is 2. The summed E-state index contributed by atoms with van der Waals surface area (Å²) in [6.45, 7) is 5.95. The number of rotatable bonds is 5. The van der Waals surface area contributed by atoms with Crippen molar-refractivity contribution in [2.45, 2.75) is 27.2 Å². The van der Waals surface area contributed by atoms with Gasteiger partial charge in [-0.15, -0.1) is 0 Å². The molecule has 0 fully saturated rings. The quantitative estimate of drug-likeness (QED) is 0.648.